The minimum atomic E-state index is -0.334. The van der Waals surface area contributed by atoms with Crippen LogP contribution in [-0.2, 0) is 0 Å². The molecule has 5 heteroatoms. The first-order valence-corrected chi connectivity index (χ1v) is 7.69. The van der Waals surface area contributed by atoms with Gasteiger partial charge in [-0.25, -0.2) is 4.39 Å². The zero-order valence-corrected chi connectivity index (χ0v) is 12.9. The van der Waals surface area contributed by atoms with E-state index in [1.54, 1.807) is 17.4 Å². The molecular weight excluding hydrogens is 329 g/mol. The summed E-state index contributed by atoms with van der Waals surface area (Å²) in [5, 5.41) is 1.98. The summed E-state index contributed by atoms with van der Waals surface area (Å²) >= 11 is 4.85. The van der Waals surface area contributed by atoms with Crippen LogP contribution in [-0.4, -0.2) is 6.04 Å². The number of rotatable bonds is 5. The molecule has 0 spiro atoms. The molecule has 0 aliphatic heterocycles. The van der Waals surface area contributed by atoms with Gasteiger partial charge < -0.3 is 10.5 Å². The van der Waals surface area contributed by atoms with E-state index >= 15 is 0 Å². The van der Waals surface area contributed by atoms with Crippen molar-refractivity contribution in [3.8, 4) is 5.75 Å². The Hall–Kier alpha value is -0.910. The molecule has 2 rings (SSSR count). The standard InChI is InChI=1S/C14H15BrFNOS/c1-2-12(17)14(13-4-3-5-19-13)18-11-7-9(15)6-10(16)8-11/h3-8,12,14H,2,17H2,1H3. The molecule has 2 nitrogen and oxygen atoms in total. The molecule has 1 heterocycles. The molecule has 0 bridgehead atoms. The fourth-order valence-corrected chi connectivity index (χ4v) is 3.04. The number of nitrogens with two attached hydrogens (primary N) is 1. The van der Waals surface area contributed by atoms with E-state index in [1.165, 1.54) is 12.1 Å². The second-order valence-electron chi connectivity index (χ2n) is 4.23. The number of hydrogen-bond acceptors (Lipinski definition) is 3. The quantitative estimate of drug-likeness (QED) is 0.866. The van der Waals surface area contributed by atoms with E-state index in [-0.39, 0.29) is 18.0 Å². The summed E-state index contributed by atoms with van der Waals surface area (Å²) < 4.78 is 19.9. The highest BCUT2D eigenvalue weighted by atomic mass is 79.9. The van der Waals surface area contributed by atoms with Crippen molar-refractivity contribution in [1.82, 2.24) is 0 Å². The number of benzene rings is 1. The van der Waals surface area contributed by atoms with Gasteiger partial charge in [0.15, 0.2) is 0 Å². The Bertz CT molecular complexity index is 512. The Kier molecular flexibility index (Phi) is 4.96. The molecule has 102 valence electrons. The van der Waals surface area contributed by atoms with Crippen LogP contribution < -0.4 is 10.5 Å². The van der Waals surface area contributed by atoms with E-state index in [4.69, 9.17) is 10.5 Å². The SMILES string of the molecule is CCC(N)C(Oc1cc(F)cc(Br)c1)c1cccs1. The molecule has 0 saturated carbocycles. The summed E-state index contributed by atoms with van der Waals surface area (Å²) in [6.45, 7) is 2.01. The van der Waals surface area contributed by atoms with Gasteiger partial charge in [0.05, 0.1) is 0 Å². The van der Waals surface area contributed by atoms with Gasteiger partial charge in [-0.15, -0.1) is 11.3 Å². The number of ether oxygens (including phenoxy) is 1. The molecule has 1 aromatic carbocycles. The van der Waals surface area contributed by atoms with E-state index in [0.29, 0.717) is 10.2 Å². The normalized spacial score (nSPS) is 14.1. The molecule has 0 aliphatic carbocycles. The highest BCUT2D eigenvalue weighted by Crippen LogP contribution is 2.30. The average Bonchev–Trinajstić information content (AvgIpc) is 2.87. The minimum Gasteiger partial charge on any atom is -0.483 e. The second kappa shape index (κ2) is 6.50. The van der Waals surface area contributed by atoms with Gasteiger partial charge in [-0.1, -0.05) is 28.9 Å². The third-order valence-electron chi connectivity index (χ3n) is 2.78. The Morgan fingerprint density at radius 3 is 2.79 bits per heavy atom. The van der Waals surface area contributed by atoms with Gasteiger partial charge in [-0.3, -0.25) is 0 Å². The van der Waals surface area contributed by atoms with Gasteiger partial charge in [0.2, 0.25) is 0 Å². The van der Waals surface area contributed by atoms with Gasteiger partial charge >= 0.3 is 0 Å². The average molecular weight is 344 g/mol. The molecule has 0 aliphatic rings. The topological polar surface area (TPSA) is 35.2 Å². The molecule has 0 fully saturated rings. The lowest BCUT2D eigenvalue weighted by Crippen LogP contribution is -2.30. The van der Waals surface area contributed by atoms with Crippen molar-refractivity contribution < 1.29 is 9.13 Å². The molecular formula is C14H15BrFNOS. The van der Waals surface area contributed by atoms with Gasteiger partial charge in [-0.05, 0) is 30.0 Å². The predicted octanol–water partition coefficient (Wildman–Crippen LogP) is 4.51. The monoisotopic (exact) mass is 343 g/mol. The van der Waals surface area contributed by atoms with E-state index in [1.807, 2.05) is 24.4 Å². The van der Waals surface area contributed by atoms with Crippen LogP contribution in [0, 0.1) is 5.82 Å². The van der Waals surface area contributed by atoms with Crippen LogP contribution in [0.3, 0.4) is 0 Å². The van der Waals surface area contributed by atoms with E-state index in [9.17, 15) is 4.39 Å². The van der Waals surface area contributed by atoms with Crippen LogP contribution in [0.15, 0.2) is 40.2 Å². The summed E-state index contributed by atoms with van der Waals surface area (Å²) in [5.74, 6) is 0.147. The van der Waals surface area contributed by atoms with E-state index in [2.05, 4.69) is 15.9 Å². The second-order valence-corrected chi connectivity index (χ2v) is 6.13. The smallest absolute Gasteiger partial charge is 0.148 e. The van der Waals surface area contributed by atoms with Crippen LogP contribution in [0.1, 0.15) is 24.3 Å². The molecule has 0 radical (unpaired) electrons. The highest BCUT2D eigenvalue weighted by Gasteiger charge is 2.21. The summed E-state index contributed by atoms with van der Waals surface area (Å²) in [6, 6.07) is 8.33. The van der Waals surface area contributed by atoms with Crippen molar-refractivity contribution in [2.45, 2.75) is 25.5 Å². The highest BCUT2D eigenvalue weighted by molar-refractivity contribution is 9.10. The van der Waals surface area contributed by atoms with Crippen LogP contribution in [0.4, 0.5) is 4.39 Å². The zero-order valence-electron chi connectivity index (χ0n) is 10.5. The van der Waals surface area contributed by atoms with Crippen LogP contribution >= 0.6 is 27.3 Å². The maximum absolute atomic E-state index is 13.4. The van der Waals surface area contributed by atoms with E-state index in [0.717, 1.165) is 11.3 Å². The Morgan fingerprint density at radius 1 is 1.42 bits per heavy atom. The lowest BCUT2D eigenvalue weighted by molar-refractivity contribution is 0.174. The third-order valence-corrected chi connectivity index (χ3v) is 4.17. The van der Waals surface area contributed by atoms with Gasteiger partial charge in [0.25, 0.3) is 0 Å². The van der Waals surface area contributed by atoms with E-state index < -0.39 is 0 Å². The predicted molar refractivity (Wildman–Crippen MR) is 80.1 cm³/mol. The minimum absolute atomic E-state index is 0.124. The maximum Gasteiger partial charge on any atom is 0.148 e. The zero-order chi connectivity index (χ0) is 13.8. The first kappa shape index (κ1) is 14.5. The summed E-state index contributed by atoms with van der Waals surface area (Å²) in [4.78, 5) is 1.05. The summed E-state index contributed by atoms with van der Waals surface area (Å²) in [5.41, 5.74) is 6.11. The molecule has 19 heavy (non-hydrogen) atoms. The van der Waals surface area contributed by atoms with Crippen LogP contribution in [0.25, 0.3) is 0 Å². The molecule has 2 atom stereocenters. The number of halogens is 2. The van der Waals surface area contributed by atoms with Gasteiger partial charge in [0.1, 0.15) is 17.7 Å². The molecule has 0 saturated heterocycles. The molecule has 1 aromatic heterocycles. The van der Waals surface area contributed by atoms with Crippen molar-refractivity contribution in [3.63, 3.8) is 0 Å². The fraction of sp³-hybridized carbons (Fsp3) is 0.286. The number of thiophene rings is 1. The summed E-state index contributed by atoms with van der Waals surface area (Å²) in [6.07, 6.45) is 0.540. The van der Waals surface area contributed by atoms with Crippen LogP contribution in [0.2, 0.25) is 0 Å². The Labute approximate surface area is 124 Å². The molecule has 2 unspecified atom stereocenters. The third kappa shape index (κ3) is 3.78. The largest absolute Gasteiger partial charge is 0.483 e. The lowest BCUT2D eigenvalue weighted by atomic mass is 10.1. The van der Waals surface area contributed by atoms with Crippen molar-refractivity contribution in [1.29, 1.82) is 0 Å². The van der Waals surface area contributed by atoms with Crippen LogP contribution in [0.5, 0.6) is 5.75 Å². The van der Waals surface area contributed by atoms with Crippen molar-refractivity contribution in [2.75, 3.05) is 0 Å². The molecule has 0 amide bonds. The fourth-order valence-electron chi connectivity index (χ4n) is 1.77. The first-order chi connectivity index (χ1) is 9.10. The van der Waals surface area contributed by atoms with Crippen molar-refractivity contribution in [3.05, 3.63) is 50.9 Å². The Balaban J connectivity index is 2.25. The number of hydrogen-bond donors (Lipinski definition) is 1. The lowest BCUT2D eigenvalue weighted by Gasteiger charge is -2.23. The Morgan fingerprint density at radius 2 is 2.21 bits per heavy atom. The van der Waals surface area contributed by atoms with Gasteiger partial charge in [0, 0.05) is 21.5 Å². The first-order valence-electron chi connectivity index (χ1n) is 6.02. The molecule has 2 aromatic rings. The maximum atomic E-state index is 13.4. The van der Waals surface area contributed by atoms with Crippen molar-refractivity contribution in [2.24, 2.45) is 5.73 Å². The summed E-state index contributed by atoms with van der Waals surface area (Å²) in [7, 11) is 0. The van der Waals surface area contributed by atoms with Crippen molar-refractivity contribution >= 4 is 27.3 Å². The van der Waals surface area contributed by atoms with Gasteiger partial charge in [-0.2, -0.15) is 0 Å². The molecule has 2 N–H and O–H groups in total.